The monoisotopic (exact) mass is 345 g/mol. The number of pyridine rings is 1. The minimum atomic E-state index is -0.154. The molecule has 1 aromatic heterocycles. The topological polar surface area (TPSA) is 28.2 Å². The lowest BCUT2D eigenvalue weighted by molar-refractivity contribution is 0.424. The van der Waals surface area contributed by atoms with Gasteiger partial charge >= 0.3 is 0 Å². The predicted molar refractivity (Wildman–Crippen MR) is 99.3 cm³/mol. The van der Waals surface area contributed by atoms with Crippen molar-refractivity contribution in [3.05, 3.63) is 54.0 Å². The Kier molecular flexibility index (Phi) is 6.10. The summed E-state index contributed by atoms with van der Waals surface area (Å²) >= 11 is 1.79. The number of anilines is 1. The zero-order valence-corrected chi connectivity index (χ0v) is 14.9. The van der Waals surface area contributed by atoms with Crippen molar-refractivity contribution in [2.75, 3.05) is 30.3 Å². The molecule has 0 amide bonds. The van der Waals surface area contributed by atoms with Gasteiger partial charge in [0.15, 0.2) is 0 Å². The van der Waals surface area contributed by atoms with Crippen LogP contribution in [0, 0.1) is 12.7 Å². The molecule has 128 valence electrons. The molecule has 0 atom stereocenters. The van der Waals surface area contributed by atoms with Crippen molar-refractivity contribution >= 4 is 17.4 Å². The Hall–Kier alpha value is -1.59. The molecule has 24 heavy (non-hydrogen) atoms. The summed E-state index contributed by atoms with van der Waals surface area (Å²) in [5, 5.41) is 4.74. The van der Waals surface area contributed by atoms with E-state index in [0.29, 0.717) is 6.04 Å². The number of benzene rings is 1. The van der Waals surface area contributed by atoms with E-state index in [-0.39, 0.29) is 5.82 Å². The summed E-state index contributed by atoms with van der Waals surface area (Å²) in [5.41, 5.74) is 2.19. The van der Waals surface area contributed by atoms with Crippen molar-refractivity contribution in [1.29, 1.82) is 0 Å². The molecule has 1 N–H and O–H groups in total. The lowest BCUT2D eigenvalue weighted by atomic mass is 10.0. The van der Waals surface area contributed by atoms with Gasteiger partial charge in [0.1, 0.15) is 5.82 Å². The molecule has 0 unspecified atom stereocenters. The van der Waals surface area contributed by atoms with Crippen molar-refractivity contribution in [2.45, 2.75) is 30.8 Å². The summed E-state index contributed by atoms with van der Waals surface area (Å²) in [4.78, 5) is 6.69. The van der Waals surface area contributed by atoms with Crippen LogP contribution in [0.5, 0.6) is 0 Å². The molecule has 5 heteroatoms. The molecule has 0 bridgehead atoms. The van der Waals surface area contributed by atoms with Gasteiger partial charge in [-0.2, -0.15) is 0 Å². The first-order valence-electron chi connectivity index (χ1n) is 8.51. The molecule has 2 heterocycles. The Bertz CT molecular complexity index is 642. The molecule has 0 radical (unpaired) electrons. The number of nitrogens with zero attached hydrogens (tertiary/aromatic N) is 2. The number of thioether (sulfide) groups is 1. The second-order valence-corrected chi connectivity index (χ2v) is 7.28. The molecular weight excluding hydrogens is 321 g/mol. The third-order valence-electron chi connectivity index (χ3n) is 4.42. The highest BCUT2D eigenvalue weighted by Gasteiger charge is 2.20. The van der Waals surface area contributed by atoms with Gasteiger partial charge in [0.25, 0.3) is 0 Å². The van der Waals surface area contributed by atoms with Gasteiger partial charge in [-0.3, -0.25) is 0 Å². The summed E-state index contributed by atoms with van der Waals surface area (Å²) in [5.74, 6) is 0.882. The smallest absolute Gasteiger partial charge is 0.123 e. The number of nitrogens with one attached hydrogen (secondary N) is 1. The second-order valence-electron chi connectivity index (χ2n) is 6.16. The van der Waals surface area contributed by atoms with Gasteiger partial charge in [-0.05, 0) is 55.7 Å². The summed E-state index contributed by atoms with van der Waals surface area (Å²) in [6.45, 7) is 5.04. The minimum absolute atomic E-state index is 0.154. The van der Waals surface area contributed by atoms with Gasteiger partial charge < -0.3 is 10.2 Å². The van der Waals surface area contributed by atoms with E-state index in [1.807, 2.05) is 37.4 Å². The average molecular weight is 345 g/mol. The maximum Gasteiger partial charge on any atom is 0.123 e. The highest BCUT2D eigenvalue weighted by Crippen LogP contribution is 2.24. The van der Waals surface area contributed by atoms with Crippen molar-refractivity contribution in [3.63, 3.8) is 0 Å². The molecule has 0 spiro atoms. The molecule has 1 aliphatic rings. The van der Waals surface area contributed by atoms with Crippen LogP contribution in [-0.2, 0) is 0 Å². The largest absolute Gasteiger partial charge is 0.371 e. The lowest BCUT2D eigenvalue weighted by Crippen LogP contribution is -2.43. The van der Waals surface area contributed by atoms with Crippen molar-refractivity contribution in [1.82, 2.24) is 10.3 Å². The summed E-state index contributed by atoms with van der Waals surface area (Å²) in [7, 11) is 0. The number of halogens is 1. The molecule has 3 nitrogen and oxygen atoms in total. The normalized spacial score (nSPS) is 15.7. The summed E-state index contributed by atoms with van der Waals surface area (Å²) in [6, 6.07) is 11.7. The van der Waals surface area contributed by atoms with E-state index in [9.17, 15) is 4.39 Å². The van der Waals surface area contributed by atoms with E-state index in [4.69, 9.17) is 0 Å². The second kappa shape index (κ2) is 8.49. The van der Waals surface area contributed by atoms with Crippen molar-refractivity contribution < 1.29 is 4.39 Å². The first-order chi connectivity index (χ1) is 11.7. The van der Waals surface area contributed by atoms with Gasteiger partial charge in [-0.25, -0.2) is 9.37 Å². The number of hydrogen-bond donors (Lipinski definition) is 1. The van der Waals surface area contributed by atoms with Crippen LogP contribution in [0.1, 0.15) is 18.4 Å². The number of aryl methyl sites for hydroxylation is 1. The van der Waals surface area contributed by atoms with E-state index in [0.717, 1.165) is 48.8 Å². The zero-order valence-electron chi connectivity index (χ0n) is 14.0. The maximum absolute atomic E-state index is 13.2. The van der Waals surface area contributed by atoms with Crippen LogP contribution in [0.3, 0.4) is 0 Å². The third-order valence-corrected chi connectivity index (χ3v) is 5.36. The quantitative estimate of drug-likeness (QED) is 0.635. The van der Waals surface area contributed by atoms with E-state index >= 15 is 0 Å². The van der Waals surface area contributed by atoms with E-state index in [1.165, 1.54) is 5.69 Å². The van der Waals surface area contributed by atoms with Crippen LogP contribution in [0.4, 0.5) is 10.1 Å². The van der Waals surface area contributed by atoms with Gasteiger partial charge in [0.2, 0.25) is 0 Å². The zero-order chi connectivity index (χ0) is 16.8. The SMILES string of the molecule is Cc1cc(F)ccc1N1CCC(NCCSc2ccccn2)CC1. The maximum atomic E-state index is 13.2. The van der Waals surface area contributed by atoms with Crippen LogP contribution < -0.4 is 10.2 Å². The number of aromatic nitrogens is 1. The molecule has 2 aromatic rings. The van der Waals surface area contributed by atoms with Crippen LogP contribution in [-0.4, -0.2) is 36.4 Å². The van der Waals surface area contributed by atoms with Crippen molar-refractivity contribution in [3.8, 4) is 0 Å². The number of piperidine rings is 1. The Morgan fingerprint density at radius 1 is 1.25 bits per heavy atom. The summed E-state index contributed by atoms with van der Waals surface area (Å²) in [6.07, 6.45) is 4.10. The Morgan fingerprint density at radius 2 is 2.08 bits per heavy atom. The molecule has 1 fully saturated rings. The molecular formula is C19H24FN3S. The highest BCUT2D eigenvalue weighted by molar-refractivity contribution is 7.99. The Labute approximate surface area is 147 Å². The number of rotatable bonds is 6. The fraction of sp³-hybridized carbons (Fsp3) is 0.421. The molecule has 0 saturated carbocycles. The van der Waals surface area contributed by atoms with Crippen LogP contribution in [0.25, 0.3) is 0 Å². The number of hydrogen-bond acceptors (Lipinski definition) is 4. The minimum Gasteiger partial charge on any atom is -0.371 e. The molecule has 1 aliphatic heterocycles. The highest BCUT2D eigenvalue weighted by atomic mass is 32.2. The fourth-order valence-electron chi connectivity index (χ4n) is 3.15. The third kappa shape index (κ3) is 4.71. The van der Waals surface area contributed by atoms with Crippen LogP contribution >= 0.6 is 11.8 Å². The van der Waals surface area contributed by atoms with Gasteiger partial charge in [0, 0.05) is 43.3 Å². The predicted octanol–water partition coefficient (Wildman–Crippen LogP) is 3.88. The van der Waals surface area contributed by atoms with E-state index in [1.54, 1.807) is 23.9 Å². The molecule has 0 aliphatic carbocycles. The molecule has 1 aromatic carbocycles. The Morgan fingerprint density at radius 3 is 2.79 bits per heavy atom. The first kappa shape index (κ1) is 17.2. The van der Waals surface area contributed by atoms with E-state index < -0.39 is 0 Å². The molecule has 3 rings (SSSR count). The van der Waals surface area contributed by atoms with Crippen molar-refractivity contribution in [2.24, 2.45) is 0 Å². The standard InChI is InChI=1S/C19H24FN3S/c1-15-14-16(20)5-6-18(15)23-11-7-17(8-12-23)21-10-13-24-19-4-2-3-9-22-19/h2-6,9,14,17,21H,7-8,10-13H2,1H3. The Balaban J connectivity index is 1.39. The lowest BCUT2D eigenvalue weighted by Gasteiger charge is -2.35. The van der Waals surface area contributed by atoms with Crippen LogP contribution in [0.2, 0.25) is 0 Å². The fourth-order valence-corrected chi connectivity index (χ4v) is 3.89. The van der Waals surface area contributed by atoms with E-state index in [2.05, 4.69) is 15.2 Å². The van der Waals surface area contributed by atoms with Gasteiger partial charge in [0.05, 0.1) is 5.03 Å². The van der Waals surface area contributed by atoms with Crippen LogP contribution in [0.15, 0.2) is 47.6 Å². The molecule has 1 saturated heterocycles. The van der Waals surface area contributed by atoms with Gasteiger partial charge in [-0.1, -0.05) is 6.07 Å². The average Bonchev–Trinajstić information content (AvgIpc) is 2.60. The summed E-state index contributed by atoms with van der Waals surface area (Å²) < 4.78 is 13.2. The van der Waals surface area contributed by atoms with Gasteiger partial charge in [-0.15, -0.1) is 11.8 Å². The first-order valence-corrected chi connectivity index (χ1v) is 9.49.